The molecule has 3 heteroatoms. The Morgan fingerprint density at radius 3 is 2.63 bits per heavy atom. The maximum atomic E-state index is 13.3. The van der Waals surface area contributed by atoms with Gasteiger partial charge in [0.1, 0.15) is 5.82 Å². The topological polar surface area (TPSA) is 29.3 Å². The molecule has 0 bridgehead atoms. The van der Waals surface area contributed by atoms with Gasteiger partial charge < -0.3 is 5.73 Å². The van der Waals surface area contributed by atoms with Crippen molar-refractivity contribution in [3.63, 3.8) is 0 Å². The van der Waals surface area contributed by atoms with Gasteiger partial charge in [0.2, 0.25) is 0 Å². The van der Waals surface area contributed by atoms with Crippen LogP contribution in [0.5, 0.6) is 0 Å². The van der Waals surface area contributed by atoms with E-state index in [1.165, 1.54) is 25.3 Å². The number of hydrogen-bond donors (Lipinski definition) is 1. The van der Waals surface area contributed by atoms with Crippen molar-refractivity contribution in [1.29, 1.82) is 0 Å². The van der Waals surface area contributed by atoms with Gasteiger partial charge in [0, 0.05) is 12.1 Å². The lowest BCUT2D eigenvalue weighted by atomic mass is 9.91. The molecule has 2 N–H and O–H groups in total. The lowest BCUT2D eigenvalue weighted by Crippen LogP contribution is -2.51. The molecule has 1 unspecified atom stereocenters. The fourth-order valence-corrected chi connectivity index (χ4v) is 2.32. The molecule has 0 aromatic heterocycles. The molecule has 0 saturated carbocycles. The maximum absolute atomic E-state index is 13.3. The second-order valence-electron chi connectivity index (χ2n) is 5.64. The lowest BCUT2D eigenvalue weighted by Gasteiger charge is -2.38. The predicted octanol–water partition coefficient (Wildman–Crippen LogP) is 3.21. The van der Waals surface area contributed by atoms with Crippen molar-refractivity contribution in [2.75, 3.05) is 20.1 Å². The van der Waals surface area contributed by atoms with Gasteiger partial charge in [-0.25, -0.2) is 4.39 Å². The zero-order valence-corrected chi connectivity index (χ0v) is 12.5. The van der Waals surface area contributed by atoms with E-state index in [-0.39, 0.29) is 11.4 Å². The van der Waals surface area contributed by atoms with Crippen molar-refractivity contribution in [1.82, 2.24) is 4.90 Å². The van der Waals surface area contributed by atoms with Crippen LogP contribution >= 0.6 is 0 Å². The predicted molar refractivity (Wildman–Crippen MR) is 79.7 cm³/mol. The second-order valence-corrected chi connectivity index (χ2v) is 5.64. The number of nitrogens with two attached hydrogens (primary N) is 1. The van der Waals surface area contributed by atoms with E-state index in [0.29, 0.717) is 6.54 Å². The average molecular weight is 266 g/mol. The van der Waals surface area contributed by atoms with Crippen LogP contribution in [0.3, 0.4) is 0 Å². The highest BCUT2D eigenvalue weighted by Gasteiger charge is 2.27. The maximum Gasteiger partial charge on any atom is 0.123 e. The van der Waals surface area contributed by atoms with Gasteiger partial charge in [-0.3, -0.25) is 4.90 Å². The van der Waals surface area contributed by atoms with E-state index in [0.717, 1.165) is 18.5 Å². The summed E-state index contributed by atoms with van der Waals surface area (Å²) in [7, 11) is 2.11. The smallest absolute Gasteiger partial charge is 0.123 e. The molecule has 108 valence electrons. The van der Waals surface area contributed by atoms with E-state index in [4.69, 9.17) is 5.73 Å². The van der Waals surface area contributed by atoms with Crippen LogP contribution in [0.1, 0.15) is 38.7 Å². The van der Waals surface area contributed by atoms with Crippen molar-refractivity contribution in [3.8, 4) is 0 Å². The molecule has 0 aliphatic carbocycles. The minimum atomic E-state index is -0.175. The number of likely N-dealkylation sites (N-methyl/N-ethyl adjacent to an activating group) is 1. The van der Waals surface area contributed by atoms with E-state index in [2.05, 4.69) is 25.8 Å². The molecule has 1 rings (SSSR count). The van der Waals surface area contributed by atoms with Crippen molar-refractivity contribution >= 4 is 0 Å². The Morgan fingerprint density at radius 2 is 2.05 bits per heavy atom. The van der Waals surface area contributed by atoms with Crippen LogP contribution in [0.2, 0.25) is 0 Å². The Labute approximate surface area is 116 Å². The minimum absolute atomic E-state index is 0.110. The largest absolute Gasteiger partial charge is 0.329 e. The third-order valence-electron chi connectivity index (χ3n) is 3.93. The van der Waals surface area contributed by atoms with Gasteiger partial charge >= 0.3 is 0 Å². The van der Waals surface area contributed by atoms with E-state index in [1.807, 2.05) is 6.07 Å². The van der Waals surface area contributed by atoms with Crippen LogP contribution in [0, 0.1) is 5.82 Å². The first-order chi connectivity index (χ1) is 9.01. The molecule has 0 spiro atoms. The van der Waals surface area contributed by atoms with Crippen LogP contribution in [0.15, 0.2) is 24.3 Å². The number of halogens is 1. The normalized spacial score (nSPS) is 14.6. The molecule has 0 aliphatic heterocycles. The van der Waals surface area contributed by atoms with Crippen LogP contribution in [-0.4, -0.2) is 30.6 Å². The van der Waals surface area contributed by atoms with E-state index >= 15 is 0 Å². The van der Waals surface area contributed by atoms with Gasteiger partial charge in [-0.2, -0.15) is 0 Å². The summed E-state index contributed by atoms with van der Waals surface area (Å²) in [6.45, 7) is 5.97. The highest BCUT2D eigenvalue weighted by molar-refractivity contribution is 5.19. The molecule has 1 aromatic carbocycles. The van der Waals surface area contributed by atoms with Crippen molar-refractivity contribution in [2.24, 2.45) is 5.73 Å². The van der Waals surface area contributed by atoms with Crippen LogP contribution in [0.4, 0.5) is 4.39 Å². The Morgan fingerprint density at radius 1 is 1.32 bits per heavy atom. The van der Waals surface area contributed by atoms with Crippen LogP contribution in [0.25, 0.3) is 0 Å². The summed E-state index contributed by atoms with van der Waals surface area (Å²) >= 11 is 0. The Hall–Kier alpha value is -0.930. The van der Waals surface area contributed by atoms with Crippen LogP contribution in [-0.2, 0) is 6.42 Å². The fourth-order valence-electron chi connectivity index (χ4n) is 2.32. The molecule has 19 heavy (non-hydrogen) atoms. The molecule has 2 nitrogen and oxygen atoms in total. The summed E-state index contributed by atoms with van der Waals surface area (Å²) in [6.07, 6.45) is 4.43. The number of nitrogens with zero attached hydrogens (tertiary/aromatic N) is 1. The van der Waals surface area contributed by atoms with Crippen LogP contribution < -0.4 is 5.73 Å². The van der Waals surface area contributed by atoms with E-state index in [1.54, 1.807) is 12.1 Å². The molecule has 0 heterocycles. The van der Waals surface area contributed by atoms with Gasteiger partial charge in [-0.05, 0) is 51.1 Å². The van der Waals surface area contributed by atoms with Crippen molar-refractivity contribution in [3.05, 3.63) is 35.6 Å². The summed E-state index contributed by atoms with van der Waals surface area (Å²) in [5.41, 5.74) is 6.86. The number of rotatable bonds is 8. The highest BCUT2D eigenvalue weighted by atomic mass is 19.1. The standard InChI is InChI=1S/C16H27FN2/c1-4-5-6-10-19(3)16(2,13-18)12-14-8-7-9-15(17)11-14/h7-9,11H,4-6,10,12-13,18H2,1-3H3. The van der Waals surface area contributed by atoms with Gasteiger partial charge in [-0.1, -0.05) is 31.9 Å². The number of unbranched alkanes of at least 4 members (excludes halogenated alkanes) is 2. The second kappa shape index (κ2) is 7.61. The molecule has 0 saturated heterocycles. The molecule has 0 aliphatic rings. The Bertz CT molecular complexity index is 381. The zero-order chi connectivity index (χ0) is 14.3. The molecule has 0 amide bonds. The van der Waals surface area contributed by atoms with Crippen molar-refractivity contribution < 1.29 is 4.39 Å². The first-order valence-corrected chi connectivity index (χ1v) is 7.17. The molecule has 0 fully saturated rings. The monoisotopic (exact) mass is 266 g/mol. The summed E-state index contributed by atoms with van der Waals surface area (Å²) in [4.78, 5) is 2.31. The van der Waals surface area contributed by atoms with Gasteiger partial charge in [-0.15, -0.1) is 0 Å². The van der Waals surface area contributed by atoms with E-state index in [9.17, 15) is 4.39 Å². The summed E-state index contributed by atoms with van der Waals surface area (Å²) < 4.78 is 13.3. The lowest BCUT2D eigenvalue weighted by molar-refractivity contribution is 0.141. The first-order valence-electron chi connectivity index (χ1n) is 7.17. The fraction of sp³-hybridized carbons (Fsp3) is 0.625. The Kier molecular flexibility index (Phi) is 6.46. The third kappa shape index (κ3) is 4.92. The number of hydrogen-bond acceptors (Lipinski definition) is 2. The molecular weight excluding hydrogens is 239 g/mol. The summed E-state index contributed by atoms with van der Waals surface area (Å²) in [5.74, 6) is -0.175. The SMILES string of the molecule is CCCCCN(C)C(C)(CN)Cc1cccc(F)c1. The average Bonchev–Trinajstić information content (AvgIpc) is 2.38. The van der Waals surface area contributed by atoms with Gasteiger partial charge in [0.15, 0.2) is 0 Å². The first kappa shape index (κ1) is 16.1. The highest BCUT2D eigenvalue weighted by Crippen LogP contribution is 2.20. The molecule has 0 radical (unpaired) electrons. The molecule has 1 atom stereocenters. The van der Waals surface area contributed by atoms with Gasteiger partial charge in [0.05, 0.1) is 0 Å². The summed E-state index contributed by atoms with van der Waals surface area (Å²) in [6, 6.07) is 6.82. The van der Waals surface area contributed by atoms with Gasteiger partial charge in [0.25, 0.3) is 0 Å². The van der Waals surface area contributed by atoms with E-state index < -0.39 is 0 Å². The molecule has 1 aromatic rings. The molecular formula is C16H27FN2. The summed E-state index contributed by atoms with van der Waals surface area (Å²) in [5, 5.41) is 0. The van der Waals surface area contributed by atoms with Crippen molar-refractivity contribution in [2.45, 2.75) is 45.1 Å². The quantitative estimate of drug-likeness (QED) is 0.732. The minimum Gasteiger partial charge on any atom is -0.329 e. The Balaban J connectivity index is 2.68. The number of benzene rings is 1. The third-order valence-corrected chi connectivity index (χ3v) is 3.93. The zero-order valence-electron chi connectivity index (χ0n) is 12.5.